The molecule has 0 unspecified atom stereocenters. The monoisotopic (exact) mass is 563 g/mol. The minimum Gasteiger partial charge on any atom is -0.107 e. The number of hydrogen-bond acceptors (Lipinski definition) is 0. The lowest BCUT2D eigenvalue weighted by molar-refractivity contribution is 0.556. The van der Waals surface area contributed by atoms with Gasteiger partial charge in [-0.25, -0.2) is 0 Å². The molecule has 0 aromatic heterocycles. The van der Waals surface area contributed by atoms with Crippen LogP contribution in [0.4, 0.5) is 0 Å². The molecule has 0 radical (unpaired) electrons. The zero-order valence-electron chi connectivity index (χ0n) is 28.1. The fraction of sp³-hybridized carbons (Fsp3) is 0.947. The van der Waals surface area contributed by atoms with Crippen LogP contribution in [0.2, 0.25) is 18.1 Å². The van der Waals surface area contributed by atoms with Crippen LogP contribution in [0, 0.1) is 0 Å². The van der Waals surface area contributed by atoms with Crippen LogP contribution in [-0.4, -0.2) is 8.07 Å². The Balaban J connectivity index is 4.23. The molecule has 0 aromatic carbocycles. The highest BCUT2D eigenvalue weighted by molar-refractivity contribution is 6.84. The quantitative estimate of drug-likeness (QED) is 0.0540. The summed E-state index contributed by atoms with van der Waals surface area (Å²) in [6, 6.07) is 4.63. The van der Waals surface area contributed by atoms with Crippen LogP contribution in [-0.2, 0) is 0 Å². The average molecular weight is 563 g/mol. The third kappa shape index (κ3) is 27.9. The van der Waals surface area contributed by atoms with Crippen molar-refractivity contribution < 1.29 is 0 Å². The normalized spacial score (nSPS) is 11.9. The summed E-state index contributed by atoms with van der Waals surface area (Å²) in [5.74, 6) is 0. The standard InChI is InChI=1S/C38H78Si/c1-5-9-12-15-18-21-24-27-30-33-36-39(8-4,37-34-31-28-25-22-19-16-13-10-6-2)38-35-32-29-26-23-20-17-14-11-7-3/h8H,4-7,9-38H2,1-3H3. The van der Waals surface area contributed by atoms with Crippen molar-refractivity contribution in [1.82, 2.24) is 0 Å². The van der Waals surface area contributed by atoms with Crippen molar-refractivity contribution in [2.24, 2.45) is 0 Å². The molecule has 39 heavy (non-hydrogen) atoms. The van der Waals surface area contributed by atoms with E-state index in [0.29, 0.717) is 0 Å². The fourth-order valence-corrected chi connectivity index (χ4v) is 10.8. The van der Waals surface area contributed by atoms with Crippen molar-refractivity contribution in [2.75, 3.05) is 0 Å². The Morgan fingerprint density at radius 1 is 0.308 bits per heavy atom. The van der Waals surface area contributed by atoms with E-state index in [0.717, 1.165) is 0 Å². The zero-order valence-corrected chi connectivity index (χ0v) is 29.1. The minimum absolute atomic E-state index is 1.28. The molecule has 0 saturated heterocycles. The van der Waals surface area contributed by atoms with Gasteiger partial charge in [-0.15, -0.1) is 12.3 Å². The lowest BCUT2D eigenvalue weighted by Gasteiger charge is -2.29. The summed E-state index contributed by atoms with van der Waals surface area (Å²) >= 11 is 0. The minimum atomic E-state index is -1.28. The first-order valence-corrected chi connectivity index (χ1v) is 21.6. The fourth-order valence-electron chi connectivity index (χ4n) is 6.57. The van der Waals surface area contributed by atoms with Crippen molar-refractivity contribution >= 4 is 8.07 Å². The van der Waals surface area contributed by atoms with Crippen molar-refractivity contribution in [3.63, 3.8) is 0 Å². The number of hydrogen-bond donors (Lipinski definition) is 0. The van der Waals surface area contributed by atoms with E-state index in [4.69, 9.17) is 0 Å². The topological polar surface area (TPSA) is 0 Å². The van der Waals surface area contributed by atoms with E-state index in [1.807, 2.05) is 0 Å². The molecule has 0 amide bonds. The molecule has 0 fully saturated rings. The van der Waals surface area contributed by atoms with Crippen molar-refractivity contribution in [1.29, 1.82) is 0 Å². The van der Waals surface area contributed by atoms with Gasteiger partial charge in [0.05, 0.1) is 8.07 Å². The molecule has 0 aromatic rings. The van der Waals surface area contributed by atoms with E-state index in [-0.39, 0.29) is 0 Å². The molecule has 0 heterocycles. The van der Waals surface area contributed by atoms with Gasteiger partial charge < -0.3 is 0 Å². The second kappa shape index (κ2) is 32.5. The third-order valence-electron chi connectivity index (χ3n) is 9.52. The maximum atomic E-state index is 4.49. The highest BCUT2D eigenvalue weighted by atomic mass is 28.3. The predicted octanol–water partition coefficient (Wildman–Crippen LogP) is 14.9. The summed E-state index contributed by atoms with van der Waals surface area (Å²) in [4.78, 5) is 0. The molecule has 0 bridgehead atoms. The van der Waals surface area contributed by atoms with Crippen LogP contribution in [0.3, 0.4) is 0 Å². The van der Waals surface area contributed by atoms with Gasteiger partial charge in [-0.2, -0.15) is 0 Å². The van der Waals surface area contributed by atoms with Crippen LogP contribution in [0.15, 0.2) is 12.3 Å². The molecule has 0 rings (SSSR count). The van der Waals surface area contributed by atoms with Crippen molar-refractivity contribution in [2.45, 2.75) is 232 Å². The van der Waals surface area contributed by atoms with Crippen molar-refractivity contribution in [3.05, 3.63) is 12.3 Å². The maximum Gasteiger partial charge on any atom is 0.0770 e. The molecule has 0 aliphatic rings. The molecule has 0 atom stereocenters. The molecule has 1 heteroatoms. The van der Waals surface area contributed by atoms with Gasteiger partial charge in [0, 0.05) is 0 Å². The van der Waals surface area contributed by atoms with E-state index < -0.39 is 8.07 Å². The second-order valence-corrected chi connectivity index (χ2v) is 18.0. The van der Waals surface area contributed by atoms with E-state index in [1.165, 1.54) is 193 Å². The summed E-state index contributed by atoms with van der Waals surface area (Å²) in [6.07, 6.45) is 43.8. The van der Waals surface area contributed by atoms with E-state index in [9.17, 15) is 0 Å². The average Bonchev–Trinajstić information content (AvgIpc) is 2.95. The summed E-state index contributed by atoms with van der Waals surface area (Å²) in [5.41, 5.74) is 2.56. The summed E-state index contributed by atoms with van der Waals surface area (Å²) < 4.78 is 0. The van der Waals surface area contributed by atoms with Crippen LogP contribution in [0.1, 0.15) is 213 Å². The van der Waals surface area contributed by atoms with E-state index in [2.05, 4.69) is 33.0 Å². The van der Waals surface area contributed by atoms with Gasteiger partial charge >= 0.3 is 0 Å². The molecule has 0 saturated carbocycles. The van der Waals surface area contributed by atoms with E-state index >= 15 is 0 Å². The van der Waals surface area contributed by atoms with Gasteiger partial charge in [-0.05, 0) is 0 Å². The highest BCUT2D eigenvalue weighted by Crippen LogP contribution is 2.31. The van der Waals surface area contributed by atoms with Gasteiger partial charge in [0.25, 0.3) is 0 Å². The van der Waals surface area contributed by atoms with Gasteiger partial charge in [-0.1, -0.05) is 232 Å². The maximum absolute atomic E-state index is 4.49. The zero-order chi connectivity index (χ0) is 28.5. The molecule has 0 N–H and O–H groups in total. The van der Waals surface area contributed by atoms with Crippen LogP contribution >= 0.6 is 0 Å². The Kier molecular flexibility index (Phi) is 32.4. The molecule has 0 spiro atoms. The molecular weight excluding hydrogens is 485 g/mol. The molecule has 234 valence electrons. The van der Waals surface area contributed by atoms with Crippen LogP contribution < -0.4 is 0 Å². The van der Waals surface area contributed by atoms with Crippen LogP contribution in [0.5, 0.6) is 0 Å². The molecular formula is C38H78Si. The van der Waals surface area contributed by atoms with Gasteiger partial charge in [-0.3, -0.25) is 0 Å². The first-order chi connectivity index (χ1) is 19.2. The Bertz CT molecular complexity index is 396. The Morgan fingerprint density at radius 2 is 0.487 bits per heavy atom. The molecule has 0 nitrogen and oxygen atoms in total. The molecule has 0 aliphatic heterocycles. The van der Waals surface area contributed by atoms with E-state index in [1.54, 1.807) is 18.1 Å². The van der Waals surface area contributed by atoms with Gasteiger partial charge in [0.2, 0.25) is 0 Å². The largest absolute Gasteiger partial charge is 0.107 e. The summed E-state index contributed by atoms with van der Waals surface area (Å²) in [5, 5.41) is 0. The lowest BCUT2D eigenvalue weighted by Crippen LogP contribution is -2.31. The lowest BCUT2D eigenvalue weighted by atomic mass is 10.1. The van der Waals surface area contributed by atoms with Crippen molar-refractivity contribution in [3.8, 4) is 0 Å². The first kappa shape index (κ1) is 39.0. The second-order valence-electron chi connectivity index (χ2n) is 13.4. The van der Waals surface area contributed by atoms with Gasteiger partial charge in [0.1, 0.15) is 0 Å². The number of unbranched alkanes of at least 4 members (excludes halogenated alkanes) is 27. The Labute approximate surface area is 251 Å². The van der Waals surface area contributed by atoms with Crippen LogP contribution in [0.25, 0.3) is 0 Å². The third-order valence-corrected chi connectivity index (χ3v) is 14.4. The SMILES string of the molecule is C=C[Si](CCCCCCCCCCCC)(CCCCCCCCCCCC)CCCCCCCCCCCC. The summed E-state index contributed by atoms with van der Waals surface area (Å²) in [6.45, 7) is 11.4. The smallest absolute Gasteiger partial charge is 0.0770 e. The van der Waals surface area contributed by atoms with Gasteiger partial charge in [0.15, 0.2) is 0 Å². The predicted molar refractivity (Wildman–Crippen MR) is 186 cm³/mol. The highest BCUT2D eigenvalue weighted by Gasteiger charge is 2.27. The molecule has 0 aliphatic carbocycles. The Morgan fingerprint density at radius 3 is 0.667 bits per heavy atom. The number of rotatable bonds is 34. The first-order valence-electron chi connectivity index (χ1n) is 18.9. The Hall–Kier alpha value is -0.0431. The summed E-state index contributed by atoms with van der Waals surface area (Å²) in [7, 11) is -1.28.